The van der Waals surface area contributed by atoms with Crippen LogP contribution in [0.4, 0.5) is 35.0 Å². The summed E-state index contributed by atoms with van der Waals surface area (Å²) in [6.07, 6.45) is -3.14. The molecule has 2 amide bonds. The van der Waals surface area contributed by atoms with E-state index in [1.54, 1.807) is 4.90 Å². The molecule has 0 atom stereocenters. The molecule has 0 unspecified atom stereocenters. The van der Waals surface area contributed by atoms with Gasteiger partial charge in [-0.25, -0.2) is 4.79 Å². The maximum absolute atomic E-state index is 12.7. The molecule has 0 bridgehead atoms. The lowest BCUT2D eigenvalue weighted by molar-refractivity contribution is -0.192. The number of thioether (sulfide) groups is 1. The fraction of sp³-hybridized carbons (Fsp3) is 0.400. The number of carbonyl (C=O) groups excluding carboxylic acids is 2. The first kappa shape index (κ1) is 28.3. The lowest BCUT2D eigenvalue weighted by atomic mass is 10.0. The fourth-order valence-electron chi connectivity index (χ4n) is 3.89. The van der Waals surface area contributed by atoms with E-state index in [2.05, 4.69) is 23.2 Å². The minimum absolute atomic E-state index is 0.0716. The number of carboxylic acid groups (broad SMARTS) is 1. The van der Waals surface area contributed by atoms with Gasteiger partial charge in [-0.2, -0.15) is 13.2 Å². The van der Waals surface area contributed by atoms with Crippen molar-refractivity contribution in [2.75, 3.05) is 53.7 Å². The van der Waals surface area contributed by atoms with E-state index < -0.39 is 12.1 Å². The Morgan fingerprint density at radius 3 is 2.32 bits per heavy atom. The van der Waals surface area contributed by atoms with E-state index in [1.165, 1.54) is 11.1 Å². The van der Waals surface area contributed by atoms with Crippen LogP contribution in [-0.2, 0) is 20.7 Å². The number of fused-ring (bicyclic) bond motifs is 1. The third-order valence-electron chi connectivity index (χ3n) is 5.67. The van der Waals surface area contributed by atoms with Gasteiger partial charge in [0.15, 0.2) is 0 Å². The molecule has 37 heavy (non-hydrogen) atoms. The number of alkyl halides is 3. The van der Waals surface area contributed by atoms with Crippen molar-refractivity contribution >= 4 is 45.9 Å². The quantitative estimate of drug-likeness (QED) is 0.581. The normalized spacial score (nSPS) is 15.2. The Morgan fingerprint density at radius 1 is 1.05 bits per heavy atom. The van der Waals surface area contributed by atoms with Gasteiger partial charge in [0.05, 0.1) is 19.0 Å². The van der Waals surface area contributed by atoms with E-state index in [0.29, 0.717) is 6.54 Å². The van der Waals surface area contributed by atoms with Gasteiger partial charge in [-0.1, -0.05) is 29.5 Å². The van der Waals surface area contributed by atoms with Gasteiger partial charge in [0.1, 0.15) is 0 Å². The number of aliphatic carboxylic acids is 1. The number of aryl methyl sites for hydroxylation is 2. The van der Waals surface area contributed by atoms with Crippen molar-refractivity contribution in [2.45, 2.75) is 25.9 Å². The van der Waals surface area contributed by atoms with Gasteiger partial charge < -0.3 is 25.0 Å². The second-order valence-corrected chi connectivity index (χ2v) is 9.37. The number of nitrogens with zero attached hydrogens (tertiary/aromatic N) is 2. The second-order valence-electron chi connectivity index (χ2n) is 8.44. The highest BCUT2D eigenvalue weighted by molar-refractivity contribution is 8.14. The molecule has 200 valence electrons. The number of halogens is 3. The number of morpholine rings is 1. The van der Waals surface area contributed by atoms with Crippen molar-refractivity contribution in [3.05, 3.63) is 53.6 Å². The maximum Gasteiger partial charge on any atom is 0.490 e. The van der Waals surface area contributed by atoms with E-state index in [-0.39, 0.29) is 16.9 Å². The molecule has 0 saturated carbocycles. The summed E-state index contributed by atoms with van der Waals surface area (Å²) in [4.78, 5) is 38.0. The minimum atomic E-state index is -5.08. The number of hydrogen-bond donors (Lipinski definition) is 2. The molecular formula is C25H28F3N3O5S. The van der Waals surface area contributed by atoms with E-state index in [1.807, 2.05) is 36.4 Å². The number of carbonyl (C=O) groups is 3. The first-order chi connectivity index (χ1) is 17.5. The van der Waals surface area contributed by atoms with Crippen LogP contribution < -0.4 is 15.1 Å². The molecule has 2 N–H and O–H groups in total. The van der Waals surface area contributed by atoms with Crippen molar-refractivity contribution in [1.29, 1.82) is 0 Å². The van der Waals surface area contributed by atoms with Crippen LogP contribution in [0.1, 0.15) is 17.5 Å². The van der Waals surface area contributed by atoms with Gasteiger partial charge in [0, 0.05) is 36.7 Å². The Balaban J connectivity index is 0.000000479. The van der Waals surface area contributed by atoms with Gasteiger partial charge in [0.25, 0.3) is 5.24 Å². The van der Waals surface area contributed by atoms with E-state index >= 15 is 0 Å². The van der Waals surface area contributed by atoms with E-state index in [9.17, 15) is 22.8 Å². The number of carboxylic acids is 1. The lowest BCUT2D eigenvalue weighted by Gasteiger charge is -2.29. The van der Waals surface area contributed by atoms with Crippen molar-refractivity contribution in [3.8, 4) is 0 Å². The monoisotopic (exact) mass is 539 g/mol. The molecular weight excluding hydrogens is 511 g/mol. The molecule has 2 heterocycles. The summed E-state index contributed by atoms with van der Waals surface area (Å²) in [6.45, 7) is 6.00. The van der Waals surface area contributed by atoms with Gasteiger partial charge in [-0.15, -0.1) is 0 Å². The average molecular weight is 540 g/mol. The second kappa shape index (κ2) is 12.8. The molecule has 0 aliphatic carbocycles. The average Bonchev–Trinajstić information content (AvgIpc) is 2.87. The molecule has 0 spiro atoms. The number of nitrogens with one attached hydrogen (secondary N) is 1. The van der Waals surface area contributed by atoms with Gasteiger partial charge in [-0.05, 0) is 55.7 Å². The molecule has 2 aromatic carbocycles. The van der Waals surface area contributed by atoms with Crippen molar-refractivity contribution < 1.29 is 37.4 Å². The van der Waals surface area contributed by atoms with Crippen LogP contribution in [0.5, 0.6) is 0 Å². The highest BCUT2D eigenvalue weighted by Crippen LogP contribution is 2.30. The van der Waals surface area contributed by atoms with Crippen LogP contribution in [0.15, 0.2) is 42.5 Å². The van der Waals surface area contributed by atoms with Crippen LogP contribution in [0.25, 0.3) is 0 Å². The molecule has 0 aromatic heterocycles. The topological polar surface area (TPSA) is 99.2 Å². The molecule has 1 fully saturated rings. The Morgan fingerprint density at radius 2 is 1.70 bits per heavy atom. The maximum atomic E-state index is 12.7. The van der Waals surface area contributed by atoms with Crippen molar-refractivity contribution in [1.82, 2.24) is 0 Å². The number of rotatable bonds is 4. The van der Waals surface area contributed by atoms with Crippen LogP contribution in [-0.4, -0.2) is 67.0 Å². The van der Waals surface area contributed by atoms with Gasteiger partial charge in [-0.3, -0.25) is 9.59 Å². The summed E-state index contributed by atoms with van der Waals surface area (Å²) >= 11 is 1.06. The summed E-state index contributed by atoms with van der Waals surface area (Å²) in [5, 5.41) is 9.94. The Hall–Kier alpha value is -3.25. The molecule has 8 nitrogen and oxygen atoms in total. The number of amides is 2. The third-order valence-corrected chi connectivity index (χ3v) is 6.54. The SMILES string of the molecule is Cc1ccc2c(c1)CCCN2C(=O)SCC(=O)Nc1ccc(N2CCOCC2)cc1.O=C(O)C(F)(F)F. The predicted octanol–water partition coefficient (Wildman–Crippen LogP) is 4.71. The zero-order chi connectivity index (χ0) is 27.0. The standard InChI is InChI=1S/C23H27N3O3S.C2HF3O2/c1-17-4-9-21-18(15-17)3-2-10-26(21)23(28)30-16-22(27)24-19-5-7-20(8-6-19)25-11-13-29-14-12-25;3-2(4,5)1(6)7/h4-9,15H,2-3,10-14,16H2,1H3,(H,24,27);(H,6,7). The lowest BCUT2D eigenvalue weighted by Crippen LogP contribution is -2.36. The molecule has 12 heteroatoms. The Bertz CT molecular complexity index is 1110. The van der Waals surface area contributed by atoms with Crippen LogP contribution >= 0.6 is 11.8 Å². The first-order valence-electron chi connectivity index (χ1n) is 11.6. The minimum Gasteiger partial charge on any atom is -0.475 e. The third kappa shape index (κ3) is 8.39. The van der Waals surface area contributed by atoms with Crippen LogP contribution in [0, 0.1) is 6.92 Å². The predicted molar refractivity (Wildman–Crippen MR) is 136 cm³/mol. The highest BCUT2D eigenvalue weighted by Gasteiger charge is 2.38. The summed E-state index contributed by atoms with van der Waals surface area (Å²) in [6, 6.07) is 14.0. The van der Waals surface area contributed by atoms with E-state index in [0.717, 1.165) is 68.0 Å². The smallest absolute Gasteiger partial charge is 0.475 e. The van der Waals surface area contributed by atoms with Crippen molar-refractivity contribution in [3.63, 3.8) is 0 Å². The summed E-state index contributed by atoms with van der Waals surface area (Å²) in [7, 11) is 0. The number of anilines is 3. The molecule has 1 saturated heterocycles. The number of hydrogen-bond acceptors (Lipinski definition) is 6. The van der Waals surface area contributed by atoms with E-state index in [4.69, 9.17) is 14.6 Å². The number of benzene rings is 2. The first-order valence-corrected chi connectivity index (χ1v) is 12.6. The van der Waals surface area contributed by atoms with Crippen LogP contribution in [0.2, 0.25) is 0 Å². The molecule has 0 radical (unpaired) electrons. The molecule has 2 aromatic rings. The zero-order valence-electron chi connectivity index (χ0n) is 20.2. The molecule has 2 aliphatic rings. The van der Waals surface area contributed by atoms with Gasteiger partial charge >= 0.3 is 12.1 Å². The summed E-state index contributed by atoms with van der Waals surface area (Å²) < 4.78 is 37.1. The van der Waals surface area contributed by atoms with Crippen molar-refractivity contribution in [2.24, 2.45) is 0 Å². The van der Waals surface area contributed by atoms with Crippen LogP contribution in [0.3, 0.4) is 0 Å². The largest absolute Gasteiger partial charge is 0.490 e. The van der Waals surface area contributed by atoms with Gasteiger partial charge in [0.2, 0.25) is 5.91 Å². The summed E-state index contributed by atoms with van der Waals surface area (Å²) in [5.41, 5.74) is 5.25. The zero-order valence-corrected chi connectivity index (χ0v) is 21.0. The number of ether oxygens (including phenoxy) is 1. The fourth-order valence-corrected chi connectivity index (χ4v) is 4.57. The molecule has 2 aliphatic heterocycles. The Kier molecular flexibility index (Phi) is 9.81. The Labute approximate surface area is 216 Å². The molecule has 4 rings (SSSR count). The highest BCUT2D eigenvalue weighted by atomic mass is 32.2. The summed E-state index contributed by atoms with van der Waals surface area (Å²) in [5.74, 6) is -2.83.